The van der Waals surface area contributed by atoms with E-state index in [0.717, 1.165) is 10.8 Å². The Bertz CT molecular complexity index is 953. The van der Waals surface area contributed by atoms with Crippen molar-refractivity contribution in [1.29, 1.82) is 0 Å². The molecule has 2 N–H and O–H groups in total. The van der Waals surface area contributed by atoms with Crippen molar-refractivity contribution in [2.24, 2.45) is 0 Å². The maximum atomic E-state index is 12.6. The highest BCUT2D eigenvalue weighted by Crippen LogP contribution is 2.28. The van der Waals surface area contributed by atoms with Crippen LogP contribution in [-0.2, 0) is 0 Å². The molecule has 6 heteroatoms. The molecule has 1 amide bonds. The summed E-state index contributed by atoms with van der Waals surface area (Å²) in [6, 6.07) is 13.8. The number of likely N-dealkylation sites (tertiary alicyclic amines) is 1. The number of pyridine rings is 1. The van der Waals surface area contributed by atoms with E-state index in [2.05, 4.69) is 4.98 Å². The van der Waals surface area contributed by atoms with Gasteiger partial charge in [0.05, 0.1) is 6.54 Å². The smallest absolute Gasteiger partial charge is 0.253 e. The van der Waals surface area contributed by atoms with Gasteiger partial charge in [-0.05, 0) is 36.4 Å². The summed E-state index contributed by atoms with van der Waals surface area (Å²) < 4.78 is 6.08. The van der Waals surface area contributed by atoms with Crippen LogP contribution >= 0.6 is 0 Å². The number of hydrogen-bond acceptors (Lipinski definition) is 5. The van der Waals surface area contributed by atoms with Crippen LogP contribution in [0.25, 0.3) is 10.8 Å². The van der Waals surface area contributed by atoms with Crippen molar-refractivity contribution in [2.45, 2.75) is 18.6 Å². The molecule has 3 aromatic rings. The normalized spacial score (nSPS) is 19.8. The van der Waals surface area contributed by atoms with Crippen LogP contribution in [0.5, 0.6) is 11.5 Å². The number of amides is 1. The number of aliphatic hydroxyl groups is 1. The summed E-state index contributed by atoms with van der Waals surface area (Å²) in [5.41, 5.74) is 0.487. The first-order valence-corrected chi connectivity index (χ1v) is 8.87. The van der Waals surface area contributed by atoms with E-state index in [4.69, 9.17) is 4.74 Å². The molecule has 1 aromatic heterocycles. The molecule has 27 heavy (non-hydrogen) atoms. The molecule has 1 saturated heterocycles. The van der Waals surface area contributed by atoms with Gasteiger partial charge in [-0.3, -0.25) is 9.78 Å². The predicted octanol–water partition coefficient (Wildman–Crippen LogP) is 2.59. The number of aromatic hydroxyl groups is 1. The van der Waals surface area contributed by atoms with Gasteiger partial charge in [-0.15, -0.1) is 0 Å². The lowest BCUT2D eigenvalue weighted by Gasteiger charge is -2.36. The molecular formula is C21H20N2O4. The van der Waals surface area contributed by atoms with Crippen molar-refractivity contribution in [2.75, 3.05) is 13.1 Å². The Labute approximate surface area is 156 Å². The molecule has 1 aliphatic rings. The Balaban J connectivity index is 1.45. The topological polar surface area (TPSA) is 82.9 Å². The zero-order valence-corrected chi connectivity index (χ0v) is 14.7. The number of β-amino-alcohol motifs (C(OH)–C–C–N with tert-alkyl or cyclic N) is 1. The Hall–Kier alpha value is -3.12. The summed E-state index contributed by atoms with van der Waals surface area (Å²) >= 11 is 0. The minimum Gasteiger partial charge on any atom is -0.508 e. The van der Waals surface area contributed by atoms with Crippen LogP contribution in [0.3, 0.4) is 0 Å². The summed E-state index contributed by atoms with van der Waals surface area (Å²) in [4.78, 5) is 18.3. The first-order chi connectivity index (χ1) is 13.1. The third-order valence-electron chi connectivity index (χ3n) is 4.84. The fourth-order valence-electron chi connectivity index (χ4n) is 3.38. The van der Waals surface area contributed by atoms with Gasteiger partial charge in [0.2, 0.25) is 0 Å². The number of carbonyl (C=O) groups excluding carboxylic acids is 1. The van der Waals surface area contributed by atoms with E-state index in [1.807, 2.05) is 24.3 Å². The molecule has 0 saturated carbocycles. The van der Waals surface area contributed by atoms with E-state index in [9.17, 15) is 15.0 Å². The second kappa shape index (κ2) is 7.25. The highest BCUT2D eigenvalue weighted by Gasteiger charge is 2.32. The number of nitrogens with zero attached hydrogens (tertiary/aromatic N) is 2. The van der Waals surface area contributed by atoms with Crippen LogP contribution < -0.4 is 4.74 Å². The monoisotopic (exact) mass is 364 g/mol. The lowest BCUT2D eigenvalue weighted by atomic mass is 10.0. The summed E-state index contributed by atoms with van der Waals surface area (Å²) in [6.07, 6.45) is 2.86. The van der Waals surface area contributed by atoms with Gasteiger partial charge in [-0.2, -0.15) is 0 Å². The van der Waals surface area contributed by atoms with E-state index in [1.54, 1.807) is 29.4 Å². The number of phenols is 1. The van der Waals surface area contributed by atoms with Crippen LogP contribution in [0.1, 0.15) is 16.8 Å². The van der Waals surface area contributed by atoms with E-state index < -0.39 is 6.10 Å². The molecule has 1 aliphatic heterocycles. The first kappa shape index (κ1) is 17.3. The third-order valence-corrected chi connectivity index (χ3v) is 4.84. The summed E-state index contributed by atoms with van der Waals surface area (Å²) in [5, 5.41) is 21.8. The quantitative estimate of drug-likeness (QED) is 0.746. The van der Waals surface area contributed by atoms with Gasteiger partial charge in [-0.25, -0.2) is 0 Å². The summed E-state index contributed by atoms with van der Waals surface area (Å²) in [5.74, 6) is 0.657. The van der Waals surface area contributed by atoms with E-state index in [1.165, 1.54) is 12.1 Å². The summed E-state index contributed by atoms with van der Waals surface area (Å²) in [7, 11) is 0. The molecule has 1 fully saturated rings. The van der Waals surface area contributed by atoms with Crippen LogP contribution in [0.2, 0.25) is 0 Å². The number of rotatable bonds is 3. The standard InChI is InChI=1S/C21H20N2O4/c24-16-6-4-14(5-7-16)21(26)23-11-9-20(18(25)13-23)27-19-3-1-2-15-12-22-10-8-17(15)19/h1-8,10,12,18,20,24-25H,9,11,13H2/t18-,20-/m1/s1. The highest BCUT2D eigenvalue weighted by molar-refractivity contribution is 5.94. The number of fused-ring (bicyclic) bond motifs is 1. The van der Waals surface area contributed by atoms with Gasteiger partial charge in [0.25, 0.3) is 5.91 Å². The fraction of sp³-hybridized carbons (Fsp3) is 0.238. The van der Waals surface area contributed by atoms with Gasteiger partial charge in [-0.1, -0.05) is 12.1 Å². The number of carbonyl (C=O) groups is 1. The number of aliphatic hydroxyl groups excluding tert-OH is 1. The predicted molar refractivity (Wildman–Crippen MR) is 101 cm³/mol. The minimum atomic E-state index is -0.781. The SMILES string of the molecule is O=C(c1ccc(O)cc1)N1CC[C@@H](Oc2cccc3cnccc23)[C@H](O)C1. The van der Waals surface area contributed by atoms with Crippen molar-refractivity contribution in [3.63, 3.8) is 0 Å². The first-order valence-electron chi connectivity index (χ1n) is 8.87. The molecule has 2 aromatic carbocycles. The second-order valence-electron chi connectivity index (χ2n) is 6.66. The lowest BCUT2D eigenvalue weighted by molar-refractivity contribution is -0.0193. The van der Waals surface area contributed by atoms with Crippen molar-refractivity contribution >= 4 is 16.7 Å². The van der Waals surface area contributed by atoms with Crippen LogP contribution in [0.15, 0.2) is 60.9 Å². The molecule has 0 aliphatic carbocycles. The Morgan fingerprint density at radius 3 is 2.74 bits per heavy atom. The maximum Gasteiger partial charge on any atom is 0.253 e. The van der Waals surface area contributed by atoms with E-state index in [-0.39, 0.29) is 24.3 Å². The molecule has 138 valence electrons. The van der Waals surface area contributed by atoms with Crippen LogP contribution in [0, 0.1) is 0 Å². The number of ether oxygens (including phenoxy) is 1. The number of aromatic nitrogens is 1. The molecule has 4 rings (SSSR count). The molecule has 2 atom stereocenters. The van der Waals surface area contributed by atoms with Gasteiger partial charge in [0.1, 0.15) is 23.7 Å². The third kappa shape index (κ3) is 3.57. The van der Waals surface area contributed by atoms with Crippen LogP contribution in [0.4, 0.5) is 0 Å². The zero-order valence-electron chi connectivity index (χ0n) is 14.7. The van der Waals surface area contributed by atoms with Gasteiger partial charge >= 0.3 is 0 Å². The van der Waals surface area contributed by atoms with Gasteiger partial charge in [0, 0.05) is 41.7 Å². The van der Waals surface area contributed by atoms with Gasteiger partial charge < -0.3 is 19.8 Å². The molecular weight excluding hydrogens is 344 g/mol. The largest absolute Gasteiger partial charge is 0.508 e. The lowest BCUT2D eigenvalue weighted by Crippen LogP contribution is -2.51. The molecule has 0 radical (unpaired) electrons. The van der Waals surface area contributed by atoms with Crippen LogP contribution in [-0.4, -0.2) is 51.3 Å². The zero-order chi connectivity index (χ0) is 18.8. The van der Waals surface area contributed by atoms with Crippen molar-refractivity contribution in [3.8, 4) is 11.5 Å². The average Bonchev–Trinajstić information content (AvgIpc) is 2.70. The van der Waals surface area contributed by atoms with Gasteiger partial charge in [0.15, 0.2) is 0 Å². The maximum absolute atomic E-state index is 12.6. The number of phenolic OH excluding ortho intramolecular Hbond substituents is 1. The minimum absolute atomic E-state index is 0.115. The number of benzene rings is 2. The molecule has 6 nitrogen and oxygen atoms in total. The molecule has 0 bridgehead atoms. The molecule has 0 unspecified atom stereocenters. The van der Waals surface area contributed by atoms with Crippen molar-refractivity contribution in [1.82, 2.24) is 9.88 Å². The molecule has 2 heterocycles. The van der Waals surface area contributed by atoms with E-state index >= 15 is 0 Å². The number of piperidine rings is 1. The molecule has 0 spiro atoms. The Morgan fingerprint density at radius 2 is 1.96 bits per heavy atom. The highest BCUT2D eigenvalue weighted by atomic mass is 16.5. The number of hydrogen-bond donors (Lipinski definition) is 2. The Kier molecular flexibility index (Phi) is 4.64. The average molecular weight is 364 g/mol. The Morgan fingerprint density at radius 1 is 1.15 bits per heavy atom. The van der Waals surface area contributed by atoms with Crippen molar-refractivity contribution in [3.05, 3.63) is 66.5 Å². The summed E-state index contributed by atoms with van der Waals surface area (Å²) in [6.45, 7) is 0.699. The van der Waals surface area contributed by atoms with E-state index in [0.29, 0.717) is 24.3 Å². The second-order valence-corrected chi connectivity index (χ2v) is 6.66. The fourth-order valence-corrected chi connectivity index (χ4v) is 3.38. The van der Waals surface area contributed by atoms with Crippen molar-refractivity contribution < 1.29 is 19.7 Å².